The van der Waals surface area contributed by atoms with Gasteiger partial charge in [0.2, 0.25) is 0 Å². The minimum Gasteiger partial charge on any atom is -0.408 e. The highest BCUT2D eigenvalue weighted by Crippen LogP contribution is 2.32. The summed E-state index contributed by atoms with van der Waals surface area (Å²) in [7, 11) is 0. The predicted molar refractivity (Wildman–Crippen MR) is 85.8 cm³/mol. The number of rotatable bonds is 4. The molecule has 0 unspecified atom stereocenters. The first-order chi connectivity index (χ1) is 11.2. The van der Waals surface area contributed by atoms with Crippen LogP contribution in [0.15, 0.2) is 57.7 Å². The van der Waals surface area contributed by atoms with Gasteiger partial charge in [-0.1, -0.05) is 24.3 Å². The summed E-state index contributed by atoms with van der Waals surface area (Å²) in [5, 5.41) is 0. The van der Waals surface area contributed by atoms with Crippen LogP contribution in [0.4, 0.5) is 4.39 Å². The van der Waals surface area contributed by atoms with Crippen molar-refractivity contribution in [2.75, 3.05) is 13.1 Å². The molecule has 4 rings (SSSR count). The van der Waals surface area contributed by atoms with Crippen molar-refractivity contribution in [2.24, 2.45) is 0 Å². The summed E-state index contributed by atoms with van der Waals surface area (Å²) in [4.78, 5) is 14.3. The largest absolute Gasteiger partial charge is 0.419 e. The van der Waals surface area contributed by atoms with Crippen molar-refractivity contribution in [1.29, 1.82) is 0 Å². The van der Waals surface area contributed by atoms with Crippen molar-refractivity contribution in [2.45, 2.75) is 19.0 Å². The van der Waals surface area contributed by atoms with E-state index in [4.69, 9.17) is 4.42 Å². The minimum absolute atomic E-state index is 0.212. The second kappa shape index (κ2) is 5.66. The van der Waals surface area contributed by atoms with E-state index in [0.717, 1.165) is 30.6 Å². The molecule has 0 spiro atoms. The van der Waals surface area contributed by atoms with Crippen LogP contribution in [0.2, 0.25) is 0 Å². The van der Waals surface area contributed by atoms with Crippen LogP contribution in [0.3, 0.4) is 0 Å². The molecule has 0 amide bonds. The zero-order valence-electron chi connectivity index (χ0n) is 12.6. The number of hydrogen-bond acceptors (Lipinski definition) is 3. The lowest BCUT2D eigenvalue weighted by Crippen LogP contribution is -2.43. The Kier molecular flexibility index (Phi) is 3.50. The lowest BCUT2D eigenvalue weighted by Gasteiger charge is -2.41. The molecule has 0 radical (unpaired) electrons. The van der Waals surface area contributed by atoms with E-state index in [2.05, 4.69) is 4.90 Å². The number of hydrogen-bond donors (Lipinski definition) is 0. The van der Waals surface area contributed by atoms with Crippen molar-refractivity contribution in [3.05, 3.63) is 70.5 Å². The molecule has 1 atom stereocenters. The lowest BCUT2D eigenvalue weighted by atomic mass is 9.95. The van der Waals surface area contributed by atoms with Crippen molar-refractivity contribution in [3.8, 4) is 0 Å². The first-order valence-corrected chi connectivity index (χ1v) is 7.80. The van der Waals surface area contributed by atoms with Crippen molar-refractivity contribution < 1.29 is 8.81 Å². The van der Waals surface area contributed by atoms with Gasteiger partial charge in [-0.2, -0.15) is 0 Å². The van der Waals surface area contributed by atoms with Crippen LogP contribution in [0.5, 0.6) is 0 Å². The third-order valence-corrected chi connectivity index (χ3v) is 4.57. The normalized spacial score (nSPS) is 18.2. The van der Waals surface area contributed by atoms with Gasteiger partial charge in [0.25, 0.3) is 0 Å². The van der Waals surface area contributed by atoms with Crippen LogP contribution in [0.25, 0.3) is 11.1 Å². The highest BCUT2D eigenvalue weighted by Gasteiger charge is 2.29. The third kappa shape index (κ3) is 2.57. The van der Waals surface area contributed by atoms with Crippen molar-refractivity contribution in [3.63, 3.8) is 0 Å². The molecular formula is C18H17FN2O2. The molecule has 0 bridgehead atoms. The fraction of sp³-hybridized carbons (Fsp3) is 0.278. The first-order valence-electron chi connectivity index (χ1n) is 7.80. The van der Waals surface area contributed by atoms with E-state index >= 15 is 0 Å². The molecule has 5 heteroatoms. The number of para-hydroxylation sites is 2. The summed E-state index contributed by atoms with van der Waals surface area (Å²) >= 11 is 0. The SMILES string of the molecule is O=c1oc2ccccc2n1CCN1CC[C@H]1c1ccc(F)cc1. The molecule has 1 aromatic heterocycles. The minimum atomic E-state index is -0.315. The Morgan fingerprint density at radius 2 is 1.87 bits per heavy atom. The number of fused-ring (bicyclic) bond motifs is 1. The third-order valence-electron chi connectivity index (χ3n) is 4.57. The van der Waals surface area contributed by atoms with Gasteiger partial charge in [0.05, 0.1) is 5.52 Å². The molecule has 1 saturated heterocycles. The fourth-order valence-corrected chi connectivity index (χ4v) is 3.22. The fourth-order valence-electron chi connectivity index (χ4n) is 3.22. The summed E-state index contributed by atoms with van der Waals surface area (Å²) in [6.07, 6.45) is 1.06. The van der Waals surface area contributed by atoms with Gasteiger partial charge in [-0.15, -0.1) is 0 Å². The number of nitrogens with zero attached hydrogens (tertiary/aromatic N) is 2. The van der Waals surface area contributed by atoms with Gasteiger partial charge in [-0.25, -0.2) is 9.18 Å². The van der Waals surface area contributed by atoms with Crippen LogP contribution in [-0.2, 0) is 6.54 Å². The molecule has 23 heavy (non-hydrogen) atoms. The van der Waals surface area contributed by atoms with Gasteiger partial charge in [-0.3, -0.25) is 9.47 Å². The summed E-state index contributed by atoms with van der Waals surface area (Å²) in [6.45, 7) is 2.35. The Labute approximate surface area is 132 Å². The maximum Gasteiger partial charge on any atom is 0.419 e. The van der Waals surface area contributed by atoms with Gasteiger partial charge < -0.3 is 4.42 Å². The van der Waals surface area contributed by atoms with E-state index in [1.807, 2.05) is 30.3 Å². The molecule has 1 fully saturated rings. The topological polar surface area (TPSA) is 38.4 Å². The van der Waals surface area contributed by atoms with Crippen LogP contribution in [0, 0.1) is 5.82 Å². The Bertz CT molecular complexity index is 882. The summed E-state index contributed by atoms with van der Waals surface area (Å²) in [6, 6.07) is 14.4. The molecule has 118 valence electrons. The molecule has 2 aromatic carbocycles. The van der Waals surface area contributed by atoms with Gasteiger partial charge >= 0.3 is 5.76 Å². The predicted octanol–water partition coefficient (Wildman–Crippen LogP) is 3.18. The maximum atomic E-state index is 13.0. The average molecular weight is 312 g/mol. The van der Waals surface area contributed by atoms with E-state index in [9.17, 15) is 9.18 Å². The highest BCUT2D eigenvalue weighted by atomic mass is 19.1. The first kappa shape index (κ1) is 14.2. The maximum absolute atomic E-state index is 13.0. The molecule has 0 N–H and O–H groups in total. The average Bonchev–Trinajstić information content (AvgIpc) is 2.84. The zero-order valence-corrected chi connectivity index (χ0v) is 12.6. The second-order valence-corrected chi connectivity index (χ2v) is 5.88. The molecule has 0 aliphatic carbocycles. The number of halogens is 1. The van der Waals surface area contributed by atoms with Crippen LogP contribution in [0.1, 0.15) is 18.0 Å². The lowest BCUT2D eigenvalue weighted by molar-refractivity contribution is 0.0860. The Hall–Kier alpha value is -2.40. The van der Waals surface area contributed by atoms with Gasteiger partial charge in [0.15, 0.2) is 5.58 Å². The monoisotopic (exact) mass is 312 g/mol. The zero-order chi connectivity index (χ0) is 15.8. The Morgan fingerprint density at radius 3 is 2.61 bits per heavy atom. The molecular weight excluding hydrogens is 295 g/mol. The Morgan fingerprint density at radius 1 is 1.09 bits per heavy atom. The van der Waals surface area contributed by atoms with Gasteiger partial charge in [-0.05, 0) is 36.2 Å². The van der Waals surface area contributed by atoms with Gasteiger partial charge in [0, 0.05) is 25.7 Å². The van der Waals surface area contributed by atoms with Crippen LogP contribution >= 0.6 is 0 Å². The van der Waals surface area contributed by atoms with E-state index in [-0.39, 0.29) is 11.6 Å². The van der Waals surface area contributed by atoms with E-state index in [1.165, 1.54) is 12.1 Å². The second-order valence-electron chi connectivity index (χ2n) is 5.88. The molecule has 2 heterocycles. The number of benzene rings is 2. The standard InChI is InChI=1S/C18H17FN2O2/c19-14-7-5-13(6-8-14)15-9-10-20(15)11-12-21-16-3-1-2-4-17(16)23-18(21)22/h1-8,15H,9-12H2/t15-/m0/s1. The van der Waals surface area contributed by atoms with E-state index in [0.29, 0.717) is 18.2 Å². The molecule has 3 aromatic rings. The highest BCUT2D eigenvalue weighted by molar-refractivity contribution is 5.72. The van der Waals surface area contributed by atoms with Crippen molar-refractivity contribution >= 4 is 11.1 Å². The summed E-state index contributed by atoms with van der Waals surface area (Å²) in [5.41, 5.74) is 2.58. The molecule has 1 aliphatic rings. The van der Waals surface area contributed by atoms with Crippen LogP contribution in [-0.4, -0.2) is 22.6 Å². The van der Waals surface area contributed by atoms with Gasteiger partial charge in [0.1, 0.15) is 5.82 Å². The quantitative estimate of drug-likeness (QED) is 0.742. The van der Waals surface area contributed by atoms with Crippen LogP contribution < -0.4 is 5.76 Å². The Balaban J connectivity index is 1.49. The van der Waals surface area contributed by atoms with E-state index < -0.39 is 0 Å². The molecule has 1 aliphatic heterocycles. The summed E-state index contributed by atoms with van der Waals surface area (Å²) < 4.78 is 20.0. The number of aromatic nitrogens is 1. The number of likely N-dealkylation sites (tertiary alicyclic amines) is 1. The number of oxazole rings is 1. The van der Waals surface area contributed by atoms with E-state index in [1.54, 1.807) is 10.6 Å². The summed E-state index contributed by atoms with van der Waals surface area (Å²) in [5.74, 6) is -0.527. The molecule has 4 nitrogen and oxygen atoms in total. The van der Waals surface area contributed by atoms with Crippen molar-refractivity contribution in [1.82, 2.24) is 9.47 Å². The molecule has 0 saturated carbocycles. The smallest absolute Gasteiger partial charge is 0.408 e.